The Balaban J connectivity index is 0.00000800. The van der Waals surface area contributed by atoms with Gasteiger partial charge >= 0.3 is 53.4 Å². The predicted octanol–water partition coefficient (Wildman–Crippen LogP) is -2.25. The van der Waals surface area contributed by atoms with Gasteiger partial charge < -0.3 is 21.1 Å². The van der Waals surface area contributed by atoms with Gasteiger partial charge in [0.15, 0.2) is 0 Å². The van der Waals surface area contributed by atoms with Gasteiger partial charge in [0, 0.05) is 52.4 Å². The number of esters is 2. The molecule has 0 saturated carbocycles. The second-order valence-electron chi connectivity index (χ2n) is 10.6. The number of hydrogen-bond acceptors (Lipinski definition) is 10. The molecule has 1 aliphatic heterocycles. The topological polar surface area (TPSA) is 140 Å². The Morgan fingerprint density at radius 3 is 1.62 bits per heavy atom. The number of benzene rings is 1. The molecule has 220 valence electrons. The van der Waals surface area contributed by atoms with E-state index in [1.54, 1.807) is 30.6 Å². The van der Waals surface area contributed by atoms with Crippen molar-refractivity contribution in [1.29, 1.82) is 0 Å². The number of aliphatic carboxylic acids is 2. The van der Waals surface area contributed by atoms with Crippen LogP contribution < -0.4 is 29.6 Å². The summed E-state index contributed by atoms with van der Waals surface area (Å²) < 4.78 is 10.7. The zero-order chi connectivity index (χ0) is 29.0. The van der Waals surface area contributed by atoms with Crippen molar-refractivity contribution in [2.75, 3.05) is 79.1 Å². The van der Waals surface area contributed by atoms with E-state index >= 15 is 0 Å². The summed E-state index contributed by atoms with van der Waals surface area (Å²) in [6.07, 6.45) is 0. The Morgan fingerprint density at radius 2 is 1.23 bits per heavy atom. The molecule has 1 heterocycles. The van der Waals surface area contributed by atoms with Crippen LogP contribution in [0.2, 0.25) is 0 Å². The van der Waals surface area contributed by atoms with Crippen LogP contribution in [-0.2, 0) is 28.7 Å². The minimum atomic E-state index is -0.991. The Morgan fingerprint density at radius 1 is 0.800 bits per heavy atom. The van der Waals surface area contributed by atoms with Crippen LogP contribution in [-0.4, -0.2) is 138 Å². The summed E-state index contributed by atoms with van der Waals surface area (Å²) in [5.74, 6) is -2.81. The van der Waals surface area contributed by atoms with Gasteiger partial charge in [-0.25, -0.2) is 4.79 Å². The van der Waals surface area contributed by atoms with Gasteiger partial charge in [0.1, 0.15) is 11.6 Å². The van der Waals surface area contributed by atoms with Crippen molar-refractivity contribution in [3.05, 3.63) is 35.9 Å². The first-order valence-electron chi connectivity index (χ1n) is 13.1. The fraction of sp³-hybridized carbons (Fsp3) is 0.630. The van der Waals surface area contributed by atoms with Gasteiger partial charge in [-0.2, -0.15) is 0 Å². The van der Waals surface area contributed by atoms with Crippen molar-refractivity contribution in [2.24, 2.45) is 0 Å². The van der Waals surface area contributed by atoms with E-state index in [-0.39, 0.29) is 50.6 Å². The Hall–Kier alpha value is -2.06. The van der Waals surface area contributed by atoms with Crippen molar-refractivity contribution in [1.82, 2.24) is 19.6 Å². The third-order valence-corrected chi connectivity index (χ3v) is 6.27. The van der Waals surface area contributed by atoms with Crippen molar-refractivity contribution < 1.29 is 69.8 Å². The first kappa shape index (κ1) is 36.0. The van der Waals surface area contributed by atoms with Gasteiger partial charge in [-0.3, -0.25) is 34.0 Å². The molecule has 1 aromatic rings. The van der Waals surface area contributed by atoms with Crippen LogP contribution in [0.15, 0.2) is 30.3 Å². The predicted molar refractivity (Wildman–Crippen MR) is 144 cm³/mol. The molecule has 1 unspecified atom stereocenters. The zero-order valence-electron chi connectivity index (χ0n) is 25.4. The van der Waals surface area contributed by atoms with Gasteiger partial charge in [0.25, 0.3) is 0 Å². The summed E-state index contributed by atoms with van der Waals surface area (Å²) in [5, 5.41) is 18.9. The van der Waals surface area contributed by atoms with Crippen LogP contribution in [0.3, 0.4) is 0 Å². The molecule has 13 heteroatoms. The van der Waals surface area contributed by atoms with Gasteiger partial charge in [-0.1, -0.05) is 30.3 Å². The number of nitrogens with zero attached hydrogens (tertiary/aromatic N) is 4. The SMILES string of the molecule is COC(=O)C(c1ccccc1)N1CCN(CC(=O)O)CCN(CC(=O)O)CCN(CC(=O)OC(C)(C)C)CC1.[H-].[Na+]. The molecule has 1 atom stereocenters. The Kier molecular flexibility index (Phi) is 15.9. The monoisotopic (exact) mass is 574 g/mol. The van der Waals surface area contributed by atoms with E-state index in [2.05, 4.69) is 0 Å². The van der Waals surface area contributed by atoms with E-state index in [0.29, 0.717) is 52.4 Å². The number of rotatable bonds is 9. The first-order valence-corrected chi connectivity index (χ1v) is 13.1. The fourth-order valence-electron chi connectivity index (χ4n) is 4.47. The first-order chi connectivity index (χ1) is 18.4. The molecule has 0 bridgehead atoms. The molecule has 40 heavy (non-hydrogen) atoms. The van der Waals surface area contributed by atoms with Crippen molar-refractivity contribution in [3.8, 4) is 0 Å². The molecule has 2 rings (SSSR count). The van der Waals surface area contributed by atoms with E-state index in [1.807, 2.05) is 40.1 Å². The molecular formula is C27H43N4NaO8. The largest absolute Gasteiger partial charge is 1.00 e. The number of ether oxygens (including phenoxy) is 2. The maximum absolute atomic E-state index is 13.0. The summed E-state index contributed by atoms with van der Waals surface area (Å²) in [7, 11) is 1.33. The minimum Gasteiger partial charge on any atom is -1.00 e. The summed E-state index contributed by atoms with van der Waals surface area (Å²) in [4.78, 5) is 56.0. The Bertz CT molecular complexity index is 966. The normalized spacial score (nSPS) is 17.9. The van der Waals surface area contributed by atoms with Crippen LogP contribution >= 0.6 is 0 Å². The number of carboxylic acids is 2. The number of methoxy groups -OCH3 is 1. The van der Waals surface area contributed by atoms with Crippen LogP contribution in [0, 0.1) is 0 Å². The van der Waals surface area contributed by atoms with Crippen LogP contribution in [0.25, 0.3) is 0 Å². The maximum Gasteiger partial charge on any atom is 1.00 e. The maximum atomic E-state index is 13.0. The molecule has 1 saturated heterocycles. The van der Waals surface area contributed by atoms with E-state index in [0.717, 1.165) is 5.56 Å². The third kappa shape index (κ3) is 13.5. The number of carboxylic acid groups (broad SMARTS) is 2. The average Bonchev–Trinajstić information content (AvgIpc) is 2.84. The van der Waals surface area contributed by atoms with Gasteiger partial charge in [-0.15, -0.1) is 0 Å². The van der Waals surface area contributed by atoms with Crippen molar-refractivity contribution in [2.45, 2.75) is 32.4 Å². The molecule has 12 nitrogen and oxygen atoms in total. The number of carbonyl (C=O) groups is 4. The molecule has 0 spiro atoms. The van der Waals surface area contributed by atoms with Gasteiger partial charge in [-0.05, 0) is 26.3 Å². The summed E-state index contributed by atoms with van der Waals surface area (Å²) in [5.41, 5.74) is 0.0922. The third-order valence-electron chi connectivity index (χ3n) is 6.27. The number of hydrogen-bond donors (Lipinski definition) is 2. The molecule has 1 fully saturated rings. The van der Waals surface area contributed by atoms with E-state index in [4.69, 9.17) is 9.47 Å². The second-order valence-corrected chi connectivity index (χ2v) is 10.6. The quantitative estimate of drug-likeness (QED) is 0.243. The molecule has 0 radical (unpaired) electrons. The summed E-state index contributed by atoms with van der Waals surface area (Å²) in [6, 6.07) is 8.49. The molecule has 2 N–H and O–H groups in total. The zero-order valence-corrected chi connectivity index (χ0v) is 26.4. The smallest absolute Gasteiger partial charge is 1.00 e. The molecule has 0 aliphatic carbocycles. The summed E-state index contributed by atoms with van der Waals surface area (Å²) >= 11 is 0. The standard InChI is InChI=1S/C27H42N4O8.Na.H/c1-27(2,3)39-24(36)20-30-13-12-28(18-22(32)33)10-11-29(19-23(34)35)14-16-31(17-15-30)25(26(37)38-4)21-8-6-5-7-9-21;;/h5-9,25H,10-20H2,1-4H3,(H,32,33)(H,34,35);;/q;+1;-1. The van der Waals surface area contributed by atoms with Crippen LogP contribution in [0.4, 0.5) is 0 Å². The second kappa shape index (κ2) is 17.7. The van der Waals surface area contributed by atoms with Gasteiger partial charge in [0.05, 0.1) is 26.7 Å². The van der Waals surface area contributed by atoms with E-state index < -0.39 is 35.5 Å². The van der Waals surface area contributed by atoms with Crippen LogP contribution in [0.5, 0.6) is 0 Å². The minimum absolute atomic E-state index is 0. The average molecular weight is 575 g/mol. The fourth-order valence-corrected chi connectivity index (χ4v) is 4.47. The molecular weight excluding hydrogens is 531 g/mol. The summed E-state index contributed by atoms with van der Waals surface area (Å²) in [6.45, 7) is 7.81. The van der Waals surface area contributed by atoms with Crippen LogP contribution in [0.1, 0.15) is 33.8 Å². The van der Waals surface area contributed by atoms with E-state index in [9.17, 15) is 29.4 Å². The Labute approximate surface area is 259 Å². The molecule has 0 aromatic heterocycles. The van der Waals surface area contributed by atoms with E-state index in [1.165, 1.54) is 7.11 Å². The molecule has 1 aliphatic rings. The number of carbonyl (C=O) groups excluding carboxylic acids is 2. The van der Waals surface area contributed by atoms with Crippen molar-refractivity contribution in [3.63, 3.8) is 0 Å². The van der Waals surface area contributed by atoms with Crippen molar-refractivity contribution >= 4 is 23.9 Å². The molecule has 1 aromatic carbocycles. The van der Waals surface area contributed by atoms with Gasteiger partial charge in [0.2, 0.25) is 0 Å². The molecule has 0 amide bonds.